The van der Waals surface area contributed by atoms with E-state index < -0.39 is 16.4 Å². The third-order valence-electron chi connectivity index (χ3n) is 3.85. The van der Waals surface area contributed by atoms with Crippen LogP contribution in [0.3, 0.4) is 0 Å². The van der Waals surface area contributed by atoms with Gasteiger partial charge in [-0.25, -0.2) is 0 Å². The molecule has 0 atom stereocenters. The molecule has 1 aliphatic carbocycles. The fourth-order valence-electron chi connectivity index (χ4n) is 2.20. The second-order valence-electron chi connectivity index (χ2n) is 5.39. The average Bonchev–Trinajstić information content (AvgIpc) is 3.22. The van der Waals surface area contributed by atoms with Crippen LogP contribution in [0.4, 0.5) is 5.69 Å². The maximum Gasteiger partial charge on any atom is 0.310 e. The fraction of sp³-hybridized carbons (Fsp3) is 0.500. The van der Waals surface area contributed by atoms with Crippen LogP contribution in [0.1, 0.15) is 29.6 Å². The van der Waals surface area contributed by atoms with Gasteiger partial charge in [0, 0.05) is 31.9 Å². The van der Waals surface area contributed by atoms with Crippen molar-refractivity contribution in [2.75, 3.05) is 20.3 Å². The zero-order valence-electron chi connectivity index (χ0n) is 11.8. The topological polar surface area (TPSA) is 102 Å². The molecule has 1 aliphatic rings. The number of hydrogen-bond acceptors (Lipinski definition) is 5. The van der Waals surface area contributed by atoms with Crippen LogP contribution in [-0.2, 0) is 4.74 Å². The van der Waals surface area contributed by atoms with Gasteiger partial charge in [-0.05, 0) is 36.8 Å². The number of methoxy groups -OCH3 is 1. The van der Waals surface area contributed by atoms with Crippen LogP contribution in [0.5, 0.6) is 5.75 Å². The zero-order valence-corrected chi connectivity index (χ0v) is 11.8. The molecule has 114 valence electrons. The number of aromatic hydroxyl groups is 1. The summed E-state index contributed by atoms with van der Waals surface area (Å²) in [4.78, 5) is 21.9. The maximum atomic E-state index is 12.0. The smallest absolute Gasteiger partial charge is 0.310 e. The summed E-state index contributed by atoms with van der Waals surface area (Å²) in [6, 6.07) is 3.58. The quantitative estimate of drug-likeness (QED) is 0.590. The number of phenolic OH excluding ortho intramolecular Hbond substituents is 1. The highest BCUT2D eigenvalue weighted by Crippen LogP contribution is 2.48. The van der Waals surface area contributed by atoms with E-state index in [-0.39, 0.29) is 16.9 Å². The first-order valence-corrected chi connectivity index (χ1v) is 6.72. The largest absolute Gasteiger partial charge is 0.502 e. The van der Waals surface area contributed by atoms with Crippen LogP contribution in [-0.4, -0.2) is 36.2 Å². The van der Waals surface area contributed by atoms with E-state index in [0.29, 0.717) is 13.2 Å². The van der Waals surface area contributed by atoms with Gasteiger partial charge in [-0.2, -0.15) is 0 Å². The van der Waals surface area contributed by atoms with Gasteiger partial charge in [0.1, 0.15) is 0 Å². The fourth-order valence-corrected chi connectivity index (χ4v) is 2.20. The molecular weight excluding hydrogens is 276 g/mol. The van der Waals surface area contributed by atoms with E-state index in [1.807, 2.05) is 0 Å². The van der Waals surface area contributed by atoms with Gasteiger partial charge in [0.15, 0.2) is 5.75 Å². The van der Waals surface area contributed by atoms with Crippen molar-refractivity contribution in [3.05, 3.63) is 33.9 Å². The minimum atomic E-state index is -0.693. The number of amides is 1. The molecule has 0 aromatic heterocycles. The Morgan fingerprint density at radius 1 is 1.52 bits per heavy atom. The Morgan fingerprint density at radius 2 is 2.24 bits per heavy atom. The van der Waals surface area contributed by atoms with Gasteiger partial charge in [0.25, 0.3) is 5.91 Å². The van der Waals surface area contributed by atoms with Crippen LogP contribution >= 0.6 is 0 Å². The van der Waals surface area contributed by atoms with Crippen molar-refractivity contribution in [2.45, 2.75) is 19.3 Å². The average molecular weight is 294 g/mol. The summed E-state index contributed by atoms with van der Waals surface area (Å²) in [6.07, 6.45) is 3.01. The summed E-state index contributed by atoms with van der Waals surface area (Å²) in [5, 5.41) is 22.9. The van der Waals surface area contributed by atoms with Gasteiger partial charge in [0.05, 0.1) is 4.92 Å². The summed E-state index contributed by atoms with van der Waals surface area (Å²) in [6.45, 7) is 1.21. The van der Waals surface area contributed by atoms with E-state index in [0.717, 1.165) is 31.4 Å². The first-order chi connectivity index (χ1) is 9.97. The zero-order chi connectivity index (χ0) is 15.5. The lowest BCUT2D eigenvalue weighted by atomic mass is 10.0. The normalized spacial score (nSPS) is 15.5. The Balaban J connectivity index is 1.95. The number of rotatable bonds is 7. The molecular formula is C14H18N2O5. The van der Waals surface area contributed by atoms with Crippen molar-refractivity contribution in [3.8, 4) is 5.75 Å². The number of benzene rings is 1. The van der Waals surface area contributed by atoms with Gasteiger partial charge in [-0.1, -0.05) is 0 Å². The van der Waals surface area contributed by atoms with Crippen LogP contribution in [0.2, 0.25) is 0 Å². The number of carbonyl (C=O) groups excluding carboxylic acids is 1. The number of nitro groups is 1. The molecule has 1 amide bonds. The van der Waals surface area contributed by atoms with E-state index in [9.17, 15) is 20.0 Å². The molecule has 0 saturated heterocycles. The van der Waals surface area contributed by atoms with E-state index in [1.54, 1.807) is 7.11 Å². The molecule has 7 nitrogen and oxygen atoms in total. The lowest BCUT2D eigenvalue weighted by molar-refractivity contribution is -0.385. The van der Waals surface area contributed by atoms with Crippen LogP contribution in [0.15, 0.2) is 18.2 Å². The Labute approximate surface area is 122 Å². The Hall–Kier alpha value is -2.15. The van der Waals surface area contributed by atoms with Crippen LogP contribution in [0.25, 0.3) is 0 Å². The number of carbonyl (C=O) groups is 1. The second kappa shape index (κ2) is 6.09. The number of hydrogen-bond donors (Lipinski definition) is 2. The van der Waals surface area contributed by atoms with Gasteiger partial charge in [0.2, 0.25) is 0 Å². The monoisotopic (exact) mass is 294 g/mol. The third-order valence-corrected chi connectivity index (χ3v) is 3.85. The lowest BCUT2D eigenvalue weighted by Crippen LogP contribution is -2.30. The van der Waals surface area contributed by atoms with E-state index >= 15 is 0 Å². The number of ether oxygens (including phenoxy) is 1. The number of nitro benzene ring substituents is 1. The third kappa shape index (κ3) is 3.69. The number of phenols is 1. The molecule has 0 heterocycles. The van der Waals surface area contributed by atoms with E-state index in [4.69, 9.17) is 4.74 Å². The Morgan fingerprint density at radius 3 is 2.76 bits per heavy atom. The molecule has 2 rings (SSSR count). The molecule has 7 heteroatoms. The molecule has 1 fully saturated rings. The van der Waals surface area contributed by atoms with Crippen molar-refractivity contribution in [3.63, 3.8) is 0 Å². The highest BCUT2D eigenvalue weighted by molar-refractivity contribution is 5.95. The number of nitrogens with zero attached hydrogens (tertiary/aromatic N) is 1. The van der Waals surface area contributed by atoms with Gasteiger partial charge in [-0.15, -0.1) is 0 Å². The molecule has 2 N–H and O–H groups in total. The standard InChI is InChI=1S/C14H18N2O5/c1-21-7-6-14(4-5-14)9-15-13(18)10-2-3-11(16(19)20)12(17)8-10/h2-3,8,17H,4-7,9H2,1H3,(H,15,18). The van der Waals surface area contributed by atoms with Gasteiger partial charge >= 0.3 is 5.69 Å². The predicted molar refractivity (Wildman–Crippen MR) is 75.3 cm³/mol. The summed E-state index contributed by atoms with van der Waals surface area (Å²) < 4.78 is 5.05. The summed E-state index contributed by atoms with van der Waals surface area (Å²) in [7, 11) is 1.65. The molecule has 1 aromatic rings. The molecule has 21 heavy (non-hydrogen) atoms. The Bertz CT molecular complexity index is 554. The first-order valence-electron chi connectivity index (χ1n) is 6.72. The van der Waals surface area contributed by atoms with Crippen molar-refractivity contribution < 1.29 is 19.6 Å². The van der Waals surface area contributed by atoms with Crippen molar-refractivity contribution in [2.24, 2.45) is 5.41 Å². The van der Waals surface area contributed by atoms with E-state index in [1.165, 1.54) is 6.07 Å². The minimum absolute atomic E-state index is 0.120. The predicted octanol–water partition coefficient (Wildman–Crippen LogP) is 1.85. The number of nitrogens with one attached hydrogen (secondary N) is 1. The molecule has 0 aliphatic heterocycles. The molecule has 1 aromatic carbocycles. The van der Waals surface area contributed by atoms with Crippen molar-refractivity contribution in [1.82, 2.24) is 5.32 Å². The highest BCUT2D eigenvalue weighted by Gasteiger charge is 2.42. The Kier molecular flexibility index (Phi) is 4.42. The highest BCUT2D eigenvalue weighted by atomic mass is 16.6. The van der Waals surface area contributed by atoms with Crippen LogP contribution < -0.4 is 5.32 Å². The SMILES string of the molecule is COCCC1(CNC(=O)c2ccc([N+](=O)[O-])c(O)c2)CC1. The van der Waals surface area contributed by atoms with Gasteiger partial charge in [-0.3, -0.25) is 14.9 Å². The molecule has 0 bridgehead atoms. The van der Waals surface area contributed by atoms with Crippen LogP contribution in [0, 0.1) is 15.5 Å². The van der Waals surface area contributed by atoms with Crippen molar-refractivity contribution in [1.29, 1.82) is 0 Å². The summed E-state index contributed by atoms with van der Waals surface area (Å²) in [5.41, 5.74) is -0.0833. The molecule has 0 unspecified atom stereocenters. The molecule has 0 spiro atoms. The second-order valence-corrected chi connectivity index (χ2v) is 5.39. The van der Waals surface area contributed by atoms with Gasteiger partial charge < -0.3 is 15.2 Å². The first kappa shape index (κ1) is 15.2. The maximum absolute atomic E-state index is 12.0. The molecule has 0 radical (unpaired) electrons. The van der Waals surface area contributed by atoms with Crippen molar-refractivity contribution >= 4 is 11.6 Å². The minimum Gasteiger partial charge on any atom is -0.502 e. The summed E-state index contributed by atoms with van der Waals surface area (Å²) in [5.74, 6) is -0.850. The summed E-state index contributed by atoms with van der Waals surface area (Å²) >= 11 is 0. The van der Waals surface area contributed by atoms with E-state index in [2.05, 4.69) is 5.32 Å². The molecule has 1 saturated carbocycles. The lowest BCUT2D eigenvalue weighted by Gasteiger charge is -2.15.